The van der Waals surface area contributed by atoms with E-state index in [1.165, 1.54) is 12.3 Å². The normalized spacial score (nSPS) is 12.2. The van der Waals surface area contributed by atoms with Gasteiger partial charge in [-0.3, -0.25) is 4.79 Å². The van der Waals surface area contributed by atoms with Gasteiger partial charge in [-0.1, -0.05) is 6.07 Å². The van der Waals surface area contributed by atoms with E-state index in [0.29, 0.717) is 23.3 Å². The zero-order valence-corrected chi connectivity index (χ0v) is 12.1. The van der Waals surface area contributed by atoms with Gasteiger partial charge in [0.05, 0.1) is 11.8 Å². The first-order chi connectivity index (χ1) is 10.5. The molecule has 22 heavy (non-hydrogen) atoms. The van der Waals surface area contributed by atoms with Gasteiger partial charge in [0.2, 0.25) is 0 Å². The van der Waals surface area contributed by atoms with Gasteiger partial charge >= 0.3 is 0 Å². The largest absolute Gasteiger partial charge is 0.469 e. The van der Waals surface area contributed by atoms with Crippen molar-refractivity contribution in [2.45, 2.75) is 13.3 Å². The first-order valence-electron chi connectivity index (χ1n) is 6.88. The van der Waals surface area contributed by atoms with Gasteiger partial charge in [-0.25, -0.2) is 8.78 Å². The van der Waals surface area contributed by atoms with E-state index in [-0.39, 0.29) is 25.0 Å². The second kappa shape index (κ2) is 7.17. The van der Waals surface area contributed by atoms with Crippen LogP contribution >= 0.6 is 0 Å². The van der Waals surface area contributed by atoms with Crippen LogP contribution in [0.1, 0.15) is 21.7 Å². The van der Waals surface area contributed by atoms with Crippen LogP contribution in [0.4, 0.5) is 8.78 Å². The predicted molar refractivity (Wildman–Crippen MR) is 76.4 cm³/mol. The van der Waals surface area contributed by atoms with E-state index in [4.69, 9.17) is 4.42 Å². The molecule has 1 aromatic carbocycles. The van der Waals surface area contributed by atoms with Crippen molar-refractivity contribution >= 4 is 5.91 Å². The van der Waals surface area contributed by atoms with Crippen molar-refractivity contribution in [2.75, 3.05) is 13.2 Å². The van der Waals surface area contributed by atoms with Crippen LogP contribution < -0.4 is 5.32 Å². The summed E-state index contributed by atoms with van der Waals surface area (Å²) in [7, 11) is 0. The summed E-state index contributed by atoms with van der Waals surface area (Å²) in [6, 6.07) is 5.17. The third-order valence-corrected chi connectivity index (χ3v) is 3.42. The van der Waals surface area contributed by atoms with Crippen molar-refractivity contribution in [1.29, 1.82) is 0 Å². The van der Waals surface area contributed by atoms with E-state index < -0.39 is 11.6 Å². The van der Waals surface area contributed by atoms with Crippen molar-refractivity contribution in [3.63, 3.8) is 0 Å². The summed E-state index contributed by atoms with van der Waals surface area (Å²) in [5.41, 5.74) is 0.996. The number of hydrogen-bond donors (Lipinski definition) is 2. The Kier molecular flexibility index (Phi) is 5.27. The average molecular weight is 309 g/mol. The lowest BCUT2D eigenvalue weighted by atomic mass is 9.99. The summed E-state index contributed by atoms with van der Waals surface area (Å²) in [5.74, 6) is -1.91. The molecule has 2 rings (SSSR count). The van der Waals surface area contributed by atoms with Crippen LogP contribution in [0.2, 0.25) is 0 Å². The standard InChI is InChI=1S/C16H17F2NO3/c1-10-13(4-5-22-10)16(21)19-8-12(9-20)6-11-2-3-14(17)15(18)7-11/h2-5,7,12,20H,6,8-9H2,1H3,(H,19,21)/t12-/m1/s1. The molecule has 2 aromatic rings. The number of hydrogen-bond acceptors (Lipinski definition) is 3. The SMILES string of the molecule is Cc1occc1C(=O)NC[C@H](CO)Cc1ccc(F)c(F)c1. The number of furan rings is 1. The summed E-state index contributed by atoms with van der Waals surface area (Å²) in [5, 5.41) is 12.1. The van der Waals surface area contributed by atoms with Crippen molar-refractivity contribution in [3.8, 4) is 0 Å². The van der Waals surface area contributed by atoms with Gasteiger partial charge in [0.25, 0.3) is 5.91 Å². The number of nitrogens with one attached hydrogen (secondary N) is 1. The lowest BCUT2D eigenvalue weighted by molar-refractivity contribution is 0.0938. The van der Waals surface area contributed by atoms with E-state index in [9.17, 15) is 18.7 Å². The van der Waals surface area contributed by atoms with Gasteiger partial charge in [0, 0.05) is 19.1 Å². The number of carbonyl (C=O) groups is 1. The summed E-state index contributed by atoms with van der Waals surface area (Å²) < 4.78 is 31.1. The van der Waals surface area contributed by atoms with Gasteiger partial charge < -0.3 is 14.8 Å². The van der Waals surface area contributed by atoms with Gasteiger partial charge in [-0.2, -0.15) is 0 Å². The Morgan fingerprint density at radius 1 is 1.32 bits per heavy atom. The number of rotatable bonds is 6. The Labute approximate surface area is 126 Å². The third kappa shape index (κ3) is 3.92. The predicted octanol–water partition coefficient (Wildman–Crippen LogP) is 2.45. The fourth-order valence-corrected chi connectivity index (χ4v) is 2.15. The van der Waals surface area contributed by atoms with Crippen LogP contribution in [0.25, 0.3) is 0 Å². The molecule has 1 heterocycles. The quantitative estimate of drug-likeness (QED) is 0.861. The molecule has 6 heteroatoms. The number of aliphatic hydroxyl groups is 1. The summed E-state index contributed by atoms with van der Waals surface area (Å²) in [6.07, 6.45) is 1.76. The Balaban J connectivity index is 1.93. The molecule has 4 nitrogen and oxygen atoms in total. The molecular formula is C16H17F2NO3. The van der Waals surface area contributed by atoms with Gasteiger partial charge in [-0.15, -0.1) is 0 Å². The third-order valence-electron chi connectivity index (χ3n) is 3.42. The van der Waals surface area contributed by atoms with Crippen molar-refractivity contribution in [1.82, 2.24) is 5.32 Å². The summed E-state index contributed by atoms with van der Waals surface area (Å²) in [4.78, 5) is 11.9. The molecule has 0 aliphatic rings. The molecule has 1 aromatic heterocycles. The van der Waals surface area contributed by atoms with Gasteiger partial charge in [0.15, 0.2) is 11.6 Å². The fourth-order valence-electron chi connectivity index (χ4n) is 2.15. The first kappa shape index (κ1) is 16.2. The minimum atomic E-state index is -0.924. The fraction of sp³-hybridized carbons (Fsp3) is 0.312. The molecule has 0 fully saturated rings. The zero-order valence-electron chi connectivity index (χ0n) is 12.1. The molecule has 0 spiro atoms. The number of carbonyl (C=O) groups excluding carboxylic acids is 1. The van der Waals surface area contributed by atoms with Crippen molar-refractivity contribution < 1.29 is 23.1 Å². The van der Waals surface area contributed by atoms with Crippen LogP contribution in [0.5, 0.6) is 0 Å². The molecule has 0 radical (unpaired) electrons. The Bertz CT molecular complexity index is 655. The van der Waals surface area contributed by atoms with E-state index in [2.05, 4.69) is 5.32 Å². The second-order valence-electron chi connectivity index (χ2n) is 5.10. The lowest BCUT2D eigenvalue weighted by Crippen LogP contribution is -2.32. The highest BCUT2D eigenvalue weighted by Crippen LogP contribution is 2.13. The molecule has 1 amide bonds. The van der Waals surface area contributed by atoms with Gasteiger partial charge in [0.1, 0.15) is 5.76 Å². The van der Waals surface area contributed by atoms with Crippen LogP contribution in [-0.4, -0.2) is 24.2 Å². The monoisotopic (exact) mass is 309 g/mol. The van der Waals surface area contributed by atoms with E-state index in [1.54, 1.807) is 13.0 Å². The zero-order chi connectivity index (χ0) is 16.1. The maximum absolute atomic E-state index is 13.2. The maximum atomic E-state index is 13.2. The highest BCUT2D eigenvalue weighted by molar-refractivity contribution is 5.95. The van der Waals surface area contributed by atoms with E-state index >= 15 is 0 Å². The minimum absolute atomic E-state index is 0.177. The Hall–Kier alpha value is -2.21. The van der Waals surface area contributed by atoms with E-state index in [0.717, 1.165) is 12.1 Å². The topological polar surface area (TPSA) is 62.5 Å². The number of halogens is 2. The molecule has 2 N–H and O–H groups in total. The minimum Gasteiger partial charge on any atom is -0.469 e. The highest BCUT2D eigenvalue weighted by atomic mass is 19.2. The van der Waals surface area contributed by atoms with E-state index in [1.807, 2.05) is 0 Å². The first-order valence-corrected chi connectivity index (χ1v) is 6.88. The Morgan fingerprint density at radius 2 is 2.09 bits per heavy atom. The maximum Gasteiger partial charge on any atom is 0.254 e. The lowest BCUT2D eigenvalue weighted by Gasteiger charge is -2.15. The number of amides is 1. The van der Waals surface area contributed by atoms with Crippen LogP contribution in [0, 0.1) is 24.5 Å². The molecular weight excluding hydrogens is 292 g/mol. The highest BCUT2D eigenvalue weighted by Gasteiger charge is 2.15. The molecule has 0 aliphatic heterocycles. The summed E-state index contributed by atoms with van der Waals surface area (Å²) in [6.45, 7) is 1.72. The van der Waals surface area contributed by atoms with Crippen molar-refractivity contribution in [3.05, 3.63) is 59.1 Å². The van der Waals surface area contributed by atoms with Crippen LogP contribution in [0.3, 0.4) is 0 Å². The molecule has 0 bridgehead atoms. The molecule has 0 aliphatic carbocycles. The molecule has 118 valence electrons. The van der Waals surface area contributed by atoms with Gasteiger partial charge in [-0.05, 0) is 37.1 Å². The number of aliphatic hydroxyl groups excluding tert-OH is 1. The molecule has 1 atom stereocenters. The smallest absolute Gasteiger partial charge is 0.254 e. The second-order valence-corrected chi connectivity index (χ2v) is 5.10. The molecule has 0 saturated heterocycles. The van der Waals surface area contributed by atoms with Crippen LogP contribution in [0.15, 0.2) is 34.9 Å². The number of benzene rings is 1. The molecule has 0 unspecified atom stereocenters. The van der Waals surface area contributed by atoms with Crippen molar-refractivity contribution in [2.24, 2.45) is 5.92 Å². The Morgan fingerprint density at radius 3 is 2.68 bits per heavy atom. The van der Waals surface area contributed by atoms with Crippen LogP contribution in [-0.2, 0) is 6.42 Å². The average Bonchev–Trinajstić information content (AvgIpc) is 2.93. The number of aryl methyl sites for hydroxylation is 1. The molecule has 0 saturated carbocycles. The summed E-state index contributed by atoms with van der Waals surface area (Å²) >= 11 is 0.